The summed E-state index contributed by atoms with van der Waals surface area (Å²) in [6.07, 6.45) is 3.78. The molecule has 0 saturated carbocycles. The predicted octanol–water partition coefficient (Wildman–Crippen LogP) is 3.62. The molecule has 4 aromatic rings. The quantitative estimate of drug-likeness (QED) is 0.338. The average Bonchev–Trinajstić information content (AvgIpc) is 3.43. The van der Waals surface area contributed by atoms with E-state index in [9.17, 15) is 9.90 Å². The largest absolute Gasteiger partial charge is 0.508 e. The van der Waals surface area contributed by atoms with Gasteiger partial charge in [-0.25, -0.2) is 19.4 Å². The molecule has 3 N–H and O–H groups in total. The van der Waals surface area contributed by atoms with E-state index in [2.05, 4.69) is 25.1 Å². The molecule has 2 saturated heterocycles. The van der Waals surface area contributed by atoms with Crippen molar-refractivity contribution in [2.45, 2.75) is 25.4 Å². The van der Waals surface area contributed by atoms with Crippen LogP contribution in [0.25, 0.3) is 22.4 Å². The Kier molecular flexibility index (Phi) is 7.47. The molecule has 2 aliphatic heterocycles. The molecule has 40 heavy (non-hydrogen) atoms. The number of aromatic nitrogens is 4. The number of anilines is 2. The van der Waals surface area contributed by atoms with Gasteiger partial charge in [0, 0.05) is 56.6 Å². The fourth-order valence-electron chi connectivity index (χ4n) is 5.43. The summed E-state index contributed by atoms with van der Waals surface area (Å²) in [5, 5.41) is 21.3. The van der Waals surface area contributed by atoms with Crippen LogP contribution in [-0.2, 0) is 11.3 Å². The lowest BCUT2D eigenvalue weighted by atomic mass is 10.0. The van der Waals surface area contributed by atoms with Crippen molar-refractivity contribution in [2.24, 2.45) is 0 Å². The number of benzene rings is 2. The fourth-order valence-corrected chi connectivity index (χ4v) is 5.43. The number of rotatable bonds is 6. The smallest absolute Gasteiger partial charge is 0.318 e. The molecule has 0 unspecified atom stereocenters. The van der Waals surface area contributed by atoms with Gasteiger partial charge in [0.1, 0.15) is 11.6 Å². The van der Waals surface area contributed by atoms with Crippen molar-refractivity contribution in [3.63, 3.8) is 0 Å². The molecule has 2 aromatic carbocycles. The number of nitrogens with one attached hydrogen (secondary N) is 2. The second-order valence-corrected chi connectivity index (χ2v) is 10.2. The van der Waals surface area contributed by atoms with E-state index in [0.717, 1.165) is 73.5 Å². The van der Waals surface area contributed by atoms with Crippen LogP contribution in [0.1, 0.15) is 24.4 Å². The zero-order valence-electron chi connectivity index (χ0n) is 22.6. The second kappa shape index (κ2) is 11.5. The van der Waals surface area contributed by atoms with Crippen LogP contribution in [0.2, 0.25) is 0 Å². The molecule has 0 radical (unpaired) electrons. The van der Waals surface area contributed by atoms with Crippen molar-refractivity contribution >= 4 is 28.6 Å². The number of phenols is 1. The zero-order valence-corrected chi connectivity index (χ0v) is 22.6. The number of aromatic hydroxyl groups is 1. The van der Waals surface area contributed by atoms with Crippen LogP contribution in [0.5, 0.6) is 5.75 Å². The first kappa shape index (κ1) is 26.0. The molecule has 208 valence electrons. The lowest BCUT2D eigenvalue weighted by molar-refractivity contribution is 0.122. The maximum absolute atomic E-state index is 11.7. The van der Waals surface area contributed by atoms with E-state index in [1.165, 1.54) is 0 Å². The first-order chi connectivity index (χ1) is 19.6. The number of piperidine rings is 1. The van der Waals surface area contributed by atoms with Gasteiger partial charge in [-0.1, -0.05) is 18.2 Å². The summed E-state index contributed by atoms with van der Waals surface area (Å²) in [6.45, 7) is 5.39. The number of hydrogen-bond acceptors (Lipinski definition) is 8. The van der Waals surface area contributed by atoms with Crippen molar-refractivity contribution in [2.75, 3.05) is 56.7 Å². The van der Waals surface area contributed by atoms with E-state index in [4.69, 9.17) is 19.8 Å². The fraction of sp³-hybridized carbons (Fsp3) is 0.379. The molecule has 0 atom stereocenters. The molecule has 2 aliphatic rings. The third-order valence-corrected chi connectivity index (χ3v) is 7.66. The molecule has 0 aliphatic carbocycles. The van der Waals surface area contributed by atoms with Gasteiger partial charge in [-0.15, -0.1) is 0 Å². The normalized spacial score (nSPS) is 16.8. The second-order valence-electron chi connectivity index (χ2n) is 10.2. The number of carbonyl (C=O) groups excluding carboxylic acids is 1. The van der Waals surface area contributed by atoms with Gasteiger partial charge in [-0.05, 0) is 43.2 Å². The maximum Gasteiger partial charge on any atom is 0.318 e. The summed E-state index contributed by atoms with van der Waals surface area (Å²) in [5.74, 6) is 1.85. The first-order valence-electron chi connectivity index (χ1n) is 13.8. The Hall–Kier alpha value is -4.22. The molecule has 0 bridgehead atoms. The topological polar surface area (TPSA) is 121 Å². The summed E-state index contributed by atoms with van der Waals surface area (Å²) in [7, 11) is 1.58. The van der Waals surface area contributed by atoms with Crippen LogP contribution in [0.4, 0.5) is 16.3 Å². The highest BCUT2D eigenvalue weighted by atomic mass is 16.5. The summed E-state index contributed by atoms with van der Waals surface area (Å²) < 4.78 is 7.67. The van der Waals surface area contributed by atoms with Gasteiger partial charge in [0.25, 0.3) is 0 Å². The third-order valence-electron chi connectivity index (χ3n) is 7.66. The molecule has 0 spiro atoms. The Balaban J connectivity index is 1.28. The minimum Gasteiger partial charge on any atom is -0.508 e. The van der Waals surface area contributed by atoms with Crippen LogP contribution >= 0.6 is 0 Å². The molecule has 2 fully saturated rings. The molecule has 2 aromatic heterocycles. The highest BCUT2D eigenvalue weighted by Crippen LogP contribution is 2.33. The van der Waals surface area contributed by atoms with Crippen molar-refractivity contribution < 1.29 is 14.6 Å². The molecule has 11 nitrogen and oxygen atoms in total. The number of para-hydroxylation sites is 1. The molecule has 2 amide bonds. The van der Waals surface area contributed by atoms with Gasteiger partial charge in [-0.2, -0.15) is 5.10 Å². The van der Waals surface area contributed by atoms with E-state index >= 15 is 0 Å². The van der Waals surface area contributed by atoms with Gasteiger partial charge < -0.3 is 25.4 Å². The number of nitrogens with zero attached hydrogens (tertiary/aromatic N) is 6. The van der Waals surface area contributed by atoms with Crippen molar-refractivity contribution in [1.82, 2.24) is 30.0 Å². The predicted molar refractivity (Wildman–Crippen MR) is 154 cm³/mol. The number of hydrogen-bond donors (Lipinski definition) is 3. The Morgan fingerprint density at radius 2 is 1.77 bits per heavy atom. The number of fused-ring (bicyclic) bond motifs is 1. The monoisotopic (exact) mass is 542 g/mol. The average molecular weight is 543 g/mol. The van der Waals surface area contributed by atoms with Gasteiger partial charge in [-0.3, -0.25) is 4.90 Å². The number of morpholine rings is 1. The number of amides is 2. The van der Waals surface area contributed by atoms with Gasteiger partial charge in [0.15, 0.2) is 11.5 Å². The van der Waals surface area contributed by atoms with Crippen LogP contribution < -0.4 is 15.5 Å². The maximum atomic E-state index is 11.7. The highest BCUT2D eigenvalue weighted by molar-refractivity contribution is 5.90. The number of urea groups is 1. The first-order valence-corrected chi connectivity index (χ1v) is 13.8. The van der Waals surface area contributed by atoms with Crippen LogP contribution in [0.15, 0.2) is 54.7 Å². The summed E-state index contributed by atoms with van der Waals surface area (Å²) in [4.78, 5) is 26.4. The van der Waals surface area contributed by atoms with Crippen LogP contribution in [0, 0.1) is 0 Å². The van der Waals surface area contributed by atoms with E-state index < -0.39 is 0 Å². The van der Waals surface area contributed by atoms with Crippen molar-refractivity contribution in [1.29, 1.82) is 0 Å². The summed E-state index contributed by atoms with van der Waals surface area (Å²) in [6, 6.07) is 15.0. The molecular weight excluding hydrogens is 508 g/mol. The summed E-state index contributed by atoms with van der Waals surface area (Å²) in [5.41, 5.74) is 3.34. The molecule has 6 rings (SSSR count). The van der Waals surface area contributed by atoms with E-state index in [-0.39, 0.29) is 12.1 Å². The van der Waals surface area contributed by atoms with E-state index in [1.54, 1.807) is 13.1 Å². The van der Waals surface area contributed by atoms with Gasteiger partial charge >= 0.3 is 6.03 Å². The van der Waals surface area contributed by atoms with Crippen LogP contribution in [-0.4, -0.2) is 82.2 Å². The number of likely N-dealkylation sites (tertiary alicyclic amines) is 1. The number of carbonyl (C=O) groups is 1. The van der Waals surface area contributed by atoms with Crippen molar-refractivity contribution in [3.05, 3.63) is 60.3 Å². The third kappa shape index (κ3) is 5.43. The minimum absolute atomic E-state index is 0.220. The molecule has 4 heterocycles. The Morgan fingerprint density at radius 1 is 1.02 bits per heavy atom. The zero-order chi connectivity index (χ0) is 27.5. The van der Waals surface area contributed by atoms with Gasteiger partial charge in [0.2, 0.25) is 0 Å². The van der Waals surface area contributed by atoms with E-state index in [0.29, 0.717) is 30.5 Å². The Morgan fingerprint density at radius 3 is 2.50 bits per heavy atom. The number of ether oxygens (including phenoxy) is 1. The summed E-state index contributed by atoms with van der Waals surface area (Å²) >= 11 is 0. The molecule has 11 heteroatoms. The lowest BCUT2D eigenvalue weighted by Gasteiger charge is -2.32. The highest BCUT2D eigenvalue weighted by Gasteiger charge is 2.26. The van der Waals surface area contributed by atoms with E-state index in [1.807, 2.05) is 48.7 Å². The van der Waals surface area contributed by atoms with Crippen LogP contribution in [0.3, 0.4) is 0 Å². The van der Waals surface area contributed by atoms with Gasteiger partial charge in [0.05, 0.1) is 30.8 Å². The number of phenolic OH excluding ortho intramolecular Hbond substituents is 1. The molecular formula is C29H34N8O3. The minimum atomic E-state index is -0.268. The lowest BCUT2D eigenvalue weighted by Crippen LogP contribution is -2.37. The van der Waals surface area contributed by atoms with Crippen molar-refractivity contribution in [3.8, 4) is 17.1 Å². The SMILES string of the molecule is CNC(=O)Nc1ccc(-c2nc(N3CCOCC3)c3cnn(C4CCN(Cc5ccccc5O)CC4)c3n2)cc1. The Labute approximate surface area is 232 Å². The Bertz CT molecular complexity index is 1470. The standard InChI is InChI=1S/C29H34N8O3/c1-30-29(39)32-22-8-6-20(7-9-22)26-33-27(36-14-16-40-17-15-36)24-18-31-37(28(24)34-26)23-10-12-35(13-11-23)19-21-4-2-3-5-25(21)38/h2-9,18,23,38H,10-17,19H2,1H3,(H2,30,32,39).